The molecule has 0 atom stereocenters. The Labute approximate surface area is 184 Å². The number of carbonyl (C=O) groups is 3. The summed E-state index contributed by atoms with van der Waals surface area (Å²) in [6.07, 6.45) is 1.77. The number of carbonyl (C=O) groups excluding carboxylic acids is 3. The van der Waals surface area contributed by atoms with Crippen LogP contribution in [0, 0.1) is 16.7 Å². The van der Waals surface area contributed by atoms with E-state index in [1.807, 2.05) is 0 Å². The van der Waals surface area contributed by atoms with E-state index in [4.69, 9.17) is 24.7 Å². The molecule has 0 heterocycles. The van der Waals surface area contributed by atoms with Crippen molar-refractivity contribution in [2.75, 3.05) is 13.2 Å². The lowest BCUT2D eigenvalue weighted by atomic mass is 9.85. The normalized spacial score (nSPS) is 20.2. The molecule has 0 aromatic heterocycles. The van der Waals surface area contributed by atoms with E-state index < -0.39 is 39.2 Å². The van der Waals surface area contributed by atoms with E-state index >= 15 is 0 Å². The predicted molar refractivity (Wildman–Crippen MR) is 111 cm³/mol. The van der Waals surface area contributed by atoms with Gasteiger partial charge in [-0.1, -0.05) is 13.8 Å². The molecule has 11 nitrogen and oxygen atoms in total. The largest absolute Gasteiger partial charge is 0.465 e. The van der Waals surface area contributed by atoms with E-state index in [0.29, 0.717) is 37.2 Å². The number of nitrogens with zero attached hydrogens (tertiary/aromatic N) is 1. The summed E-state index contributed by atoms with van der Waals surface area (Å²) in [7, 11) is -4.58. The number of amides is 3. The Hall–Kier alpha value is -1.92. The van der Waals surface area contributed by atoms with Gasteiger partial charge in [-0.25, -0.2) is 8.98 Å². The molecule has 1 fully saturated rings. The smallest absolute Gasteiger partial charge is 0.421 e. The van der Waals surface area contributed by atoms with Gasteiger partial charge in [0.2, 0.25) is 5.91 Å². The lowest BCUT2D eigenvalue weighted by molar-refractivity contribution is -0.153. The minimum atomic E-state index is -4.58. The van der Waals surface area contributed by atoms with E-state index in [1.54, 1.807) is 34.6 Å². The van der Waals surface area contributed by atoms with E-state index in [-0.39, 0.29) is 25.1 Å². The molecule has 0 aromatic rings. The molecular weight excluding hydrogens is 430 g/mol. The van der Waals surface area contributed by atoms with Crippen LogP contribution in [0.5, 0.6) is 0 Å². The van der Waals surface area contributed by atoms with Crippen molar-refractivity contribution in [1.82, 2.24) is 5.06 Å². The summed E-state index contributed by atoms with van der Waals surface area (Å²) < 4.78 is 39.5. The van der Waals surface area contributed by atoms with Gasteiger partial charge in [0.25, 0.3) is 0 Å². The quantitative estimate of drug-likeness (QED) is 0.362. The lowest BCUT2D eigenvalue weighted by Gasteiger charge is -2.33. The molecule has 4 N–H and O–H groups in total. The highest BCUT2D eigenvalue weighted by molar-refractivity contribution is 7.81. The lowest BCUT2D eigenvalue weighted by Crippen LogP contribution is -2.47. The maximum absolute atomic E-state index is 12.3. The molecule has 12 heteroatoms. The van der Waals surface area contributed by atoms with E-state index in [1.165, 1.54) is 0 Å². The molecule has 180 valence electrons. The van der Waals surface area contributed by atoms with Gasteiger partial charge in [-0.05, 0) is 58.3 Å². The Kier molecular flexibility index (Phi) is 9.27. The average molecular weight is 466 g/mol. The summed E-state index contributed by atoms with van der Waals surface area (Å²) in [6, 6.07) is -1.70. The van der Waals surface area contributed by atoms with Crippen LogP contribution in [0.3, 0.4) is 0 Å². The second kappa shape index (κ2) is 10.6. The fraction of sp³-hybridized carbons (Fsp3) is 0.842. The van der Waals surface area contributed by atoms with Crippen molar-refractivity contribution in [3.8, 4) is 0 Å². The molecule has 0 saturated heterocycles. The van der Waals surface area contributed by atoms with Gasteiger partial charge in [0.1, 0.15) is 0 Å². The summed E-state index contributed by atoms with van der Waals surface area (Å²) in [4.78, 5) is 34.8. The van der Waals surface area contributed by atoms with Gasteiger partial charge in [0.05, 0.1) is 24.7 Å². The molecule has 1 aliphatic rings. The maximum atomic E-state index is 12.3. The summed E-state index contributed by atoms with van der Waals surface area (Å²) in [5, 5.41) is 0.574. The zero-order chi connectivity index (χ0) is 24.0. The number of ether oxygens (including phenoxy) is 1. The van der Waals surface area contributed by atoms with Gasteiger partial charge in [-0.15, -0.1) is 4.28 Å². The Morgan fingerprint density at radius 1 is 1.00 bits per heavy atom. The summed E-state index contributed by atoms with van der Waals surface area (Å²) >= 11 is 0. The summed E-state index contributed by atoms with van der Waals surface area (Å²) in [5.41, 5.74) is 9.27. The molecule has 0 spiro atoms. The van der Waals surface area contributed by atoms with Crippen molar-refractivity contribution in [3.05, 3.63) is 0 Å². The molecule has 0 radical (unpaired) electrons. The van der Waals surface area contributed by atoms with Gasteiger partial charge in [-0.3, -0.25) is 9.59 Å². The molecule has 0 aromatic carbocycles. The minimum absolute atomic E-state index is 0.101. The Bertz CT molecular complexity index is 753. The van der Waals surface area contributed by atoms with Crippen molar-refractivity contribution < 1.29 is 36.0 Å². The van der Waals surface area contributed by atoms with Crippen molar-refractivity contribution >= 4 is 28.3 Å². The molecule has 1 rings (SSSR count). The first-order valence-electron chi connectivity index (χ1n) is 10.2. The number of esters is 1. The zero-order valence-electron chi connectivity index (χ0n) is 18.9. The third kappa shape index (κ3) is 9.40. The van der Waals surface area contributed by atoms with Crippen LogP contribution < -0.4 is 11.5 Å². The number of rotatable bonds is 10. The summed E-state index contributed by atoms with van der Waals surface area (Å²) in [6.45, 7) is 8.52. The van der Waals surface area contributed by atoms with Crippen LogP contribution in [0.25, 0.3) is 0 Å². The Morgan fingerprint density at radius 3 is 2.00 bits per heavy atom. The predicted octanol–water partition coefficient (Wildman–Crippen LogP) is 1.61. The topological polar surface area (TPSA) is 168 Å². The highest BCUT2D eigenvalue weighted by atomic mass is 32.3. The van der Waals surface area contributed by atoms with E-state index in [0.717, 1.165) is 0 Å². The van der Waals surface area contributed by atoms with Crippen LogP contribution in [0.1, 0.15) is 66.7 Å². The first-order chi connectivity index (χ1) is 14.0. The van der Waals surface area contributed by atoms with Crippen LogP contribution in [-0.2, 0) is 33.2 Å². The molecule has 1 saturated carbocycles. The average Bonchev–Trinajstić information content (AvgIpc) is 2.64. The molecule has 0 unspecified atom stereocenters. The van der Waals surface area contributed by atoms with Gasteiger partial charge in [0, 0.05) is 5.92 Å². The molecule has 0 aliphatic heterocycles. The molecule has 3 amide bonds. The molecular formula is C19H35N3O8S. The van der Waals surface area contributed by atoms with Crippen LogP contribution in [0.15, 0.2) is 0 Å². The monoisotopic (exact) mass is 465 g/mol. The van der Waals surface area contributed by atoms with Crippen LogP contribution in [0.4, 0.5) is 4.79 Å². The van der Waals surface area contributed by atoms with Gasteiger partial charge < -0.3 is 16.2 Å². The highest BCUT2D eigenvalue weighted by Crippen LogP contribution is 2.29. The van der Waals surface area contributed by atoms with Crippen LogP contribution in [-0.4, -0.2) is 50.6 Å². The second-order valence-electron chi connectivity index (χ2n) is 9.62. The number of nitrogens with two attached hydrogens (primary N) is 2. The molecule has 0 bridgehead atoms. The number of hydrogen-bond acceptors (Lipinski definition) is 8. The van der Waals surface area contributed by atoms with Gasteiger partial charge in [-0.2, -0.15) is 13.5 Å². The third-order valence-electron chi connectivity index (χ3n) is 5.04. The van der Waals surface area contributed by atoms with Crippen LogP contribution in [0.2, 0.25) is 0 Å². The van der Waals surface area contributed by atoms with Gasteiger partial charge in [0.15, 0.2) is 0 Å². The fourth-order valence-corrected chi connectivity index (χ4v) is 3.83. The Balaban J connectivity index is 2.60. The zero-order valence-corrected chi connectivity index (χ0v) is 19.7. The first-order valence-corrected chi connectivity index (χ1v) is 11.5. The first kappa shape index (κ1) is 27.1. The second-order valence-corrected chi connectivity index (χ2v) is 10.8. The molecule has 1 aliphatic carbocycles. The van der Waals surface area contributed by atoms with Crippen molar-refractivity contribution in [3.63, 3.8) is 0 Å². The van der Waals surface area contributed by atoms with Crippen LogP contribution >= 0.6 is 0 Å². The van der Waals surface area contributed by atoms with Crippen molar-refractivity contribution in [2.24, 2.45) is 28.2 Å². The SMILES string of the molecule is CC(C)(CCOC(=O)C(C)(C)C)COS(=O)(=O)ON(C(N)=O)C1CCC(C(N)=O)CC1. The molecule has 31 heavy (non-hydrogen) atoms. The summed E-state index contributed by atoms with van der Waals surface area (Å²) in [5.74, 6) is -1.12. The maximum Gasteiger partial charge on any atom is 0.421 e. The van der Waals surface area contributed by atoms with E-state index in [2.05, 4.69) is 0 Å². The number of hydroxylamine groups is 2. The minimum Gasteiger partial charge on any atom is -0.465 e. The van der Waals surface area contributed by atoms with Crippen molar-refractivity contribution in [2.45, 2.75) is 72.8 Å². The van der Waals surface area contributed by atoms with Crippen molar-refractivity contribution in [1.29, 1.82) is 0 Å². The number of urea groups is 1. The number of primary amides is 2. The fourth-order valence-electron chi connectivity index (χ4n) is 2.93. The number of hydrogen-bond donors (Lipinski definition) is 2. The standard InChI is InChI=1S/C19H35N3O8S/c1-18(2,3)16(24)28-11-10-19(4,5)12-29-31(26,27)30-22(17(21)25)14-8-6-13(7-9-14)15(20)23/h13-14H,6-12H2,1-5H3,(H2,20,23)(H2,21,25). The van der Waals surface area contributed by atoms with Gasteiger partial charge >= 0.3 is 22.4 Å². The van der Waals surface area contributed by atoms with E-state index in [9.17, 15) is 22.8 Å². The highest BCUT2D eigenvalue weighted by Gasteiger charge is 2.35. The Morgan fingerprint density at radius 2 is 1.55 bits per heavy atom. The third-order valence-corrected chi connectivity index (χ3v) is 5.79.